The molecule has 172 valence electrons. The summed E-state index contributed by atoms with van der Waals surface area (Å²) in [5.41, 5.74) is 3.48. The first kappa shape index (κ1) is 22.8. The molecule has 0 atom stereocenters. The zero-order chi connectivity index (χ0) is 23.7. The monoisotopic (exact) mass is 464 g/mol. The maximum absolute atomic E-state index is 12.8. The van der Waals surface area contributed by atoms with Gasteiger partial charge in [0.2, 0.25) is 0 Å². The maximum atomic E-state index is 12.8. The number of aromatic nitrogens is 2. The molecule has 0 aliphatic heterocycles. The number of pyridine rings is 1. The van der Waals surface area contributed by atoms with E-state index in [4.69, 9.17) is 4.74 Å². The molecule has 0 saturated heterocycles. The lowest BCUT2D eigenvalue weighted by Crippen LogP contribution is -2.26. The van der Waals surface area contributed by atoms with Crippen molar-refractivity contribution < 1.29 is 14.3 Å². The molecule has 0 fully saturated rings. The minimum Gasteiger partial charge on any atom is -0.456 e. The van der Waals surface area contributed by atoms with Crippen LogP contribution in [0.1, 0.15) is 40.7 Å². The molecule has 0 aliphatic carbocycles. The Labute approximate surface area is 197 Å². The van der Waals surface area contributed by atoms with Crippen LogP contribution in [0.5, 0.6) is 11.5 Å². The highest BCUT2D eigenvalue weighted by Crippen LogP contribution is 2.37. The van der Waals surface area contributed by atoms with Crippen LogP contribution in [0, 0.1) is 13.8 Å². The molecule has 0 unspecified atom stereocenters. The van der Waals surface area contributed by atoms with Gasteiger partial charge in [0.25, 0.3) is 5.91 Å². The third-order valence-corrected chi connectivity index (χ3v) is 7.04. The number of rotatable bonds is 6. The summed E-state index contributed by atoms with van der Waals surface area (Å²) < 4.78 is 8.75. The van der Waals surface area contributed by atoms with Crippen molar-refractivity contribution in [2.45, 2.75) is 33.6 Å². The Hall–Kier alpha value is -3.39. The molecule has 2 amide bonds. The Balaban J connectivity index is 1.68. The van der Waals surface area contributed by atoms with Gasteiger partial charge < -0.3 is 15.0 Å². The minimum absolute atomic E-state index is 0.000426. The van der Waals surface area contributed by atoms with Crippen molar-refractivity contribution in [1.82, 2.24) is 19.8 Å². The van der Waals surface area contributed by atoms with Crippen LogP contribution in [0.15, 0.2) is 36.5 Å². The lowest BCUT2D eigenvalue weighted by molar-refractivity contribution is 0.0798. The number of aryl methyl sites for hydroxylation is 1. The molecule has 4 aromatic rings. The van der Waals surface area contributed by atoms with Crippen LogP contribution < -0.4 is 10.1 Å². The summed E-state index contributed by atoms with van der Waals surface area (Å²) in [5, 5.41) is 3.65. The summed E-state index contributed by atoms with van der Waals surface area (Å²) in [6.07, 6.45) is 3.71. The van der Waals surface area contributed by atoms with Gasteiger partial charge in [0.15, 0.2) is 0 Å². The van der Waals surface area contributed by atoms with Crippen molar-refractivity contribution >= 4 is 44.4 Å². The first-order chi connectivity index (χ1) is 15.8. The molecule has 3 aromatic heterocycles. The van der Waals surface area contributed by atoms with E-state index in [0.717, 1.165) is 51.8 Å². The van der Waals surface area contributed by atoms with Gasteiger partial charge >= 0.3 is 6.03 Å². The van der Waals surface area contributed by atoms with E-state index < -0.39 is 0 Å². The molecule has 0 spiro atoms. The van der Waals surface area contributed by atoms with Gasteiger partial charge in [-0.1, -0.05) is 13.3 Å². The fourth-order valence-corrected chi connectivity index (χ4v) is 4.96. The number of fused-ring (bicyclic) bond motifs is 2. The van der Waals surface area contributed by atoms with Crippen LogP contribution >= 0.6 is 11.3 Å². The fourth-order valence-electron chi connectivity index (χ4n) is 3.90. The smallest absolute Gasteiger partial charge is 0.325 e. The Morgan fingerprint density at radius 2 is 2.00 bits per heavy atom. The zero-order valence-corrected chi connectivity index (χ0v) is 20.4. The predicted octanol–water partition coefficient (Wildman–Crippen LogP) is 5.72. The number of thiophene rings is 1. The highest BCUT2D eigenvalue weighted by Gasteiger charge is 2.19. The van der Waals surface area contributed by atoms with E-state index in [1.807, 2.05) is 51.2 Å². The Morgan fingerprint density at radius 1 is 1.21 bits per heavy atom. The van der Waals surface area contributed by atoms with E-state index in [1.54, 1.807) is 22.7 Å². The number of benzene rings is 1. The summed E-state index contributed by atoms with van der Waals surface area (Å²) in [5.74, 6) is 1.31. The van der Waals surface area contributed by atoms with Crippen molar-refractivity contribution in [3.63, 3.8) is 0 Å². The first-order valence-electron chi connectivity index (χ1n) is 11.0. The molecular formula is C25H28N4O3S. The molecule has 7 nitrogen and oxygen atoms in total. The second kappa shape index (κ2) is 9.23. The average Bonchev–Trinajstić information content (AvgIpc) is 3.36. The number of hydrogen-bond donors (Lipinski definition) is 1. The summed E-state index contributed by atoms with van der Waals surface area (Å²) in [7, 11) is 3.45. The number of hydrogen-bond acceptors (Lipinski definition) is 5. The second-order valence-electron chi connectivity index (χ2n) is 8.10. The van der Waals surface area contributed by atoms with Crippen LogP contribution in [0.2, 0.25) is 0 Å². The van der Waals surface area contributed by atoms with Gasteiger partial charge in [0.05, 0.1) is 20.6 Å². The van der Waals surface area contributed by atoms with Gasteiger partial charge in [0, 0.05) is 44.0 Å². The second-order valence-corrected chi connectivity index (χ2v) is 9.15. The van der Waals surface area contributed by atoms with Gasteiger partial charge in [0.1, 0.15) is 11.5 Å². The molecule has 1 N–H and O–H groups in total. The third-order valence-electron chi connectivity index (χ3n) is 5.92. The van der Waals surface area contributed by atoms with Crippen LogP contribution in [-0.4, -0.2) is 47.0 Å². The molecule has 0 aliphatic rings. The number of nitrogens with zero attached hydrogens (tertiary/aromatic N) is 3. The molecule has 4 rings (SSSR count). The van der Waals surface area contributed by atoms with Gasteiger partial charge in [-0.05, 0) is 50.1 Å². The topological polar surface area (TPSA) is 76.5 Å². The highest BCUT2D eigenvalue weighted by molar-refractivity contribution is 7.21. The summed E-state index contributed by atoms with van der Waals surface area (Å²) in [6, 6.07) is 9.16. The molecule has 0 radical (unpaired) electrons. The number of nitrogens with one attached hydrogen (secondary N) is 1. The quantitative estimate of drug-likeness (QED) is 0.396. The lowest BCUT2D eigenvalue weighted by Gasteiger charge is -2.15. The highest BCUT2D eigenvalue weighted by atomic mass is 32.1. The largest absolute Gasteiger partial charge is 0.456 e. The van der Waals surface area contributed by atoms with Crippen molar-refractivity contribution in [1.29, 1.82) is 0 Å². The molecule has 33 heavy (non-hydrogen) atoms. The predicted molar refractivity (Wildman–Crippen MR) is 133 cm³/mol. The van der Waals surface area contributed by atoms with Crippen LogP contribution in [0.25, 0.3) is 21.1 Å². The van der Waals surface area contributed by atoms with Gasteiger partial charge in [-0.3, -0.25) is 14.3 Å². The minimum atomic E-state index is -0.171. The number of ether oxygens (including phenoxy) is 1. The summed E-state index contributed by atoms with van der Waals surface area (Å²) >= 11 is 1.40. The van der Waals surface area contributed by atoms with Gasteiger partial charge in [-0.15, -0.1) is 11.3 Å². The summed E-state index contributed by atoms with van der Waals surface area (Å²) in [6.45, 7) is 6.77. The van der Waals surface area contributed by atoms with Gasteiger partial charge in [-0.2, -0.15) is 0 Å². The van der Waals surface area contributed by atoms with E-state index in [-0.39, 0.29) is 11.9 Å². The first-order valence-corrected chi connectivity index (χ1v) is 11.8. The average molecular weight is 465 g/mol. The van der Waals surface area contributed by atoms with E-state index >= 15 is 0 Å². The molecule has 8 heteroatoms. The number of carbonyl (C=O) groups is 2. The molecular weight excluding hydrogens is 436 g/mol. The number of amides is 2. The number of carbonyl (C=O) groups excluding carboxylic acids is 2. The lowest BCUT2D eigenvalue weighted by atomic mass is 10.1. The van der Waals surface area contributed by atoms with E-state index in [9.17, 15) is 9.59 Å². The van der Waals surface area contributed by atoms with E-state index in [1.165, 1.54) is 11.3 Å². The molecule has 3 heterocycles. The van der Waals surface area contributed by atoms with E-state index in [2.05, 4.69) is 17.2 Å². The maximum Gasteiger partial charge on any atom is 0.325 e. The Kier molecular flexibility index (Phi) is 6.37. The van der Waals surface area contributed by atoms with Crippen molar-refractivity contribution in [2.24, 2.45) is 0 Å². The van der Waals surface area contributed by atoms with Gasteiger partial charge in [-0.25, -0.2) is 4.79 Å². The van der Waals surface area contributed by atoms with Crippen LogP contribution in [0.4, 0.5) is 4.79 Å². The zero-order valence-electron chi connectivity index (χ0n) is 19.6. The normalized spacial score (nSPS) is 11.2. The van der Waals surface area contributed by atoms with Crippen LogP contribution in [-0.2, 0) is 0 Å². The van der Waals surface area contributed by atoms with E-state index in [0.29, 0.717) is 16.4 Å². The molecule has 0 saturated carbocycles. The van der Waals surface area contributed by atoms with Crippen molar-refractivity contribution in [2.75, 3.05) is 20.6 Å². The SMILES string of the molecule is CCCCN(C)C(=O)c1cc2nccc(Oc3ccc4c(c3)c(C)c(C)n4C(=O)NC)c2s1. The number of unbranched alkanes of at least 4 members (excludes halogenated alkanes) is 1. The third kappa shape index (κ3) is 4.18. The van der Waals surface area contributed by atoms with Crippen molar-refractivity contribution in [3.8, 4) is 11.5 Å². The Bertz CT molecular complexity index is 1350. The molecule has 1 aromatic carbocycles. The van der Waals surface area contributed by atoms with Crippen molar-refractivity contribution in [3.05, 3.63) is 52.7 Å². The molecule has 0 bridgehead atoms. The van der Waals surface area contributed by atoms with Crippen LogP contribution in [0.3, 0.4) is 0 Å². The fraction of sp³-hybridized carbons (Fsp3) is 0.320. The summed E-state index contributed by atoms with van der Waals surface area (Å²) in [4.78, 5) is 32.0. The Morgan fingerprint density at radius 3 is 2.73 bits per heavy atom. The standard InChI is InChI=1S/C25H28N4O3S/c1-6-7-12-28(5)24(30)22-14-19-23(33-22)21(10-11-27-19)32-17-8-9-20-18(13-17)15(2)16(3)29(20)25(31)26-4/h8-11,13-14H,6-7,12H2,1-5H3,(H,26,31).